The van der Waals surface area contributed by atoms with E-state index in [9.17, 15) is 9.59 Å². The third-order valence-electron chi connectivity index (χ3n) is 6.21. The Labute approximate surface area is 220 Å². The van der Waals surface area contributed by atoms with Crippen LogP contribution in [0.4, 0.5) is 0 Å². The van der Waals surface area contributed by atoms with Gasteiger partial charge in [0.15, 0.2) is 16.3 Å². The van der Waals surface area contributed by atoms with Crippen LogP contribution in [0.15, 0.2) is 63.5 Å². The zero-order valence-corrected chi connectivity index (χ0v) is 22.8. The van der Waals surface area contributed by atoms with E-state index >= 15 is 0 Å². The van der Waals surface area contributed by atoms with Crippen molar-refractivity contribution in [2.45, 2.75) is 46.6 Å². The Morgan fingerprint density at radius 1 is 1.08 bits per heavy atom. The highest BCUT2D eigenvalue weighted by Gasteiger charge is 2.33. The fraction of sp³-hybridized carbons (Fsp3) is 0.345. The minimum Gasteiger partial charge on any atom is -0.490 e. The summed E-state index contributed by atoms with van der Waals surface area (Å²) in [6.45, 7) is 10.9. The monoisotopic (exact) mass is 520 g/mol. The Kier molecular flexibility index (Phi) is 7.97. The van der Waals surface area contributed by atoms with Gasteiger partial charge < -0.3 is 14.2 Å². The first kappa shape index (κ1) is 26.4. The number of esters is 1. The van der Waals surface area contributed by atoms with E-state index in [0.717, 1.165) is 11.1 Å². The van der Waals surface area contributed by atoms with Gasteiger partial charge in [-0.3, -0.25) is 9.36 Å². The predicted octanol–water partition coefficient (Wildman–Crippen LogP) is 4.33. The molecule has 3 aromatic rings. The van der Waals surface area contributed by atoms with Gasteiger partial charge in [0.05, 0.1) is 42.2 Å². The Hall–Kier alpha value is -3.65. The van der Waals surface area contributed by atoms with Gasteiger partial charge >= 0.3 is 5.97 Å². The lowest BCUT2D eigenvalue weighted by atomic mass is 9.93. The van der Waals surface area contributed by atoms with Gasteiger partial charge in [-0.05, 0) is 61.6 Å². The van der Waals surface area contributed by atoms with Crippen molar-refractivity contribution >= 4 is 23.4 Å². The predicted molar refractivity (Wildman–Crippen MR) is 145 cm³/mol. The summed E-state index contributed by atoms with van der Waals surface area (Å²) in [4.78, 5) is 31.8. The molecule has 0 unspecified atom stereocenters. The Morgan fingerprint density at radius 3 is 2.38 bits per heavy atom. The minimum atomic E-state index is -0.633. The number of thiazole rings is 1. The maximum absolute atomic E-state index is 13.8. The van der Waals surface area contributed by atoms with Crippen molar-refractivity contribution < 1.29 is 19.0 Å². The number of methoxy groups -OCH3 is 1. The summed E-state index contributed by atoms with van der Waals surface area (Å²) in [6, 6.07) is 13.0. The number of nitrogens with zero attached hydrogens (tertiary/aromatic N) is 2. The van der Waals surface area contributed by atoms with E-state index in [2.05, 4.69) is 18.8 Å². The molecule has 0 spiro atoms. The lowest BCUT2D eigenvalue weighted by Crippen LogP contribution is -2.39. The summed E-state index contributed by atoms with van der Waals surface area (Å²) in [5.74, 6) is 1.15. The van der Waals surface area contributed by atoms with Crippen molar-refractivity contribution in [2.75, 3.05) is 20.3 Å². The van der Waals surface area contributed by atoms with Crippen LogP contribution < -0.4 is 24.4 Å². The average Bonchev–Trinajstić information content (AvgIpc) is 3.18. The van der Waals surface area contributed by atoms with Gasteiger partial charge in [-0.25, -0.2) is 9.79 Å². The van der Waals surface area contributed by atoms with E-state index in [1.54, 1.807) is 11.5 Å². The van der Waals surface area contributed by atoms with E-state index in [4.69, 9.17) is 14.2 Å². The molecule has 1 aromatic heterocycles. The average molecular weight is 521 g/mol. The number of carbonyl (C=O) groups is 1. The molecule has 1 aliphatic rings. The molecule has 0 bridgehead atoms. The summed E-state index contributed by atoms with van der Waals surface area (Å²) in [5.41, 5.74) is 3.49. The van der Waals surface area contributed by atoms with Crippen molar-refractivity contribution in [1.82, 2.24) is 4.57 Å². The molecule has 0 N–H and O–H groups in total. The molecule has 194 valence electrons. The van der Waals surface area contributed by atoms with Crippen molar-refractivity contribution in [3.8, 4) is 11.5 Å². The second kappa shape index (κ2) is 11.2. The number of hydrogen-bond donors (Lipinski definition) is 0. The van der Waals surface area contributed by atoms with Gasteiger partial charge in [-0.15, -0.1) is 0 Å². The Balaban J connectivity index is 1.88. The second-order valence-electron chi connectivity index (χ2n) is 8.97. The number of benzene rings is 2. The standard InChI is InChI=1S/C29H32N2O5S/c1-7-35-22-14-9-19(15-23(22)36-8-2)16-24-27(32)31-26(21-12-10-20(11-13-21)17(3)4)25(28(33)34-6)18(5)30-29(31)37-24/h9-17,26H,7-8H2,1-6H3/b24-16-/t26-/m1/s1. The molecule has 1 aliphatic heterocycles. The van der Waals surface area contributed by atoms with Crippen molar-refractivity contribution in [1.29, 1.82) is 0 Å². The highest BCUT2D eigenvalue weighted by molar-refractivity contribution is 7.07. The van der Waals surface area contributed by atoms with Crippen LogP contribution in [0.1, 0.15) is 63.3 Å². The first-order valence-corrected chi connectivity index (χ1v) is 13.2. The number of hydrogen-bond acceptors (Lipinski definition) is 7. The van der Waals surface area contributed by atoms with Crippen molar-refractivity contribution in [2.24, 2.45) is 4.99 Å². The molecule has 0 amide bonds. The van der Waals surface area contributed by atoms with Crippen molar-refractivity contribution in [3.63, 3.8) is 0 Å². The van der Waals surface area contributed by atoms with Crippen LogP contribution in [0.3, 0.4) is 0 Å². The molecule has 0 aliphatic carbocycles. The van der Waals surface area contributed by atoms with Gasteiger partial charge in [0, 0.05) is 0 Å². The zero-order valence-electron chi connectivity index (χ0n) is 22.0. The van der Waals surface area contributed by atoms with Crippen LogP contribution in [0.25, 0.3) is 6.08 Å². The molecule has 0 radical (unpaired) electrons. The number of carbonyl (C=O) groups excluding carboxylic acids is 1. The van der Waals surface area contributed by atoms with E-state index in [0.29, 0.717) is 51.2 Å². The van der Waals surface area contributed by atoms with Gasteiger partial charge in [0.1, 0.15) is 0 Å². The van der Waals surface area contributed by atoms with E-state index in [1.807, 2.05) is 62.4 Å². The van der Waals surface area contributed by atoms with E-state index in [-0.39, 0.29) is 5.56 Å². The number of rotatable bonds is 8. The first-order valence-electron chi connectivity index (χ1n) is 12.4. The van der Waals surface area contributed by atoms with E-state index in [1.165, 1.54) is 24.0 Å². The zero-order chi connectivity index (χ0) is 26.7. The van der Waals surface area contributed by atoms with E-state index < -0.39 is 12.0 Å². The third kappa shape index (κ3) is 5.25. The third-order valence-corrected chi connectivity index (χ3v) is 7.19. The largest absolute Gasteiger partial charge is 0.490 e. The SMILES string of the molecule is CCOc1ccc(/C=c2\sc3n(c2=O)[C@H](c2ccc(C(C)C)cc2)C(C(=O)OC)=C(C)N=3)cc1OCC. The van der Waals surface area contributed by atoms with Crippen LogP contribution in [0.5, 0.6) is 11.5 Å². The quantitative estimate of drug-likeness (QED) is 0.413. The van der Waals surface area contributed by atoms with Gasteiger partial charge in [0.2, 0.25) is 0 Å². The van der Waals surface area contributed by atoms with Crippen LogP contribution in [0.2, 0.25) is 0 Å². The maximum atomic E-state index is 13.8. The number of aromatic nitrogens is 1. The van der Waals surface area contributed by atoms with Crippen molar-refractivity contribution in [3.05, 3.63) is 90.1 Å². The number of fused-ring (bicyclic) bond motifs is 1. The molecule has 2 heterocycles. The van der Waals surface area contributed by atoms with Crippen LogP contribution >= 0.6 is 11.3 Å². The highest BCUT2D eigenvalue weighted by atomic mass is 32.1. The number of ether oxygens (including phenoxy) is 3. The van der Waals surface area contributed by atoms with Crippen LogP contribution in [-0.4, -0.2) is 30.9 Å². The lowest BCUT2D eigenvalue weighted by molar-refractivity contribution is -0.136. The minimum absolute atomic E-state index is 0.220. The van der Waals surface area contributed by atoms with Gasteiger partial charge in [-0.2, -0.15) is 0 Å². The van der Waals surface area contributed by atoms with Gasteiger partial charge in [-0.1, -0.05) is 55.5 Å². The smallest absolute Gasteiger partial charge is 0.338 e. The number of allylic oxidation sites excluding steroid dienone is 1. The molecule has 0 fully saturated rings. The molecule has 8 heteroatoms. The molecule has 0 saturated heterocycles. The maximum Gasteiger partial charge on any atom is 0.338 e. The molecule has 4 rings (SSSR count). The van der Waals surface area contributed by atoms with Crippen LogP contribution in [0, 0.1) is 0 Å². The Bertz CT molecular complexity index is 1510. The fourth-order valence-corrected chi connectivity index (χ4v) is 5.43. The Morgan fingerprint density at radius 2 is 1.76 bits per heavy atom. The molecular formula is C29H32N2O5S. The fourth-order valence-electron chi connectivity index (χ4n) is 4.38. The molecule has 0 saturated carbocycles. The van der Waals surface area contributed by atoms with Crippen LogP contribution in [-0.2, 0) is 9.53 Å². The molecular weight excluding hydrogens is 488 g/mol. The summed E-state index contributed by atoms with van der Waals surface area (Å²) < 4.78 is 18.6. The highest BCUT2D eigenvalue weighted by Crippen LogP contribution is 2.32. The molecule has 2 aromatic carbocycles. The summed E-state index contributed by atoms with van der Waals surface area (Å²) >= 11 is 1.29. The molecule has 7 nitrogen and oxygen atoms in total. The first-order chi connectivity index (χ1) is 17.8. The lowest BCUT2D eigenvalue weighted by Gasteiger charge is -2.24. The topological polar surface area (TPSA) is 79.1 Å². The molecule has 1 atom stereocenters. The summed E-state index contributed by atoms with van der Waals surface area (Å²) in [5, 5.41) is 0. The summed E-state index contributed by atoms with van der Waals surface area (Å²) in [7, 11) is 1.34. The van der Waals surface area contributed by atoms with Gasteiger partial charge in [0.25, 0.3) is 5.56 Å². The second-order valence-corrected chi connectivity index (χ2v) is 9.98. The summed E-state index contributed by atoms with van der Waals surface area (Å²) in [6.07, 6.45) is 1.82. The molecule has 37 heavy (non-hydrogen) atoms. The normalized spacial score (nSPS) is 15.4.